The molecule has 0 heterocycles. The van der Waals surface area contributed by atoms with Gasteiger partial charge in [-0.15, -0.1) is 0 Å². The summed E-state index contributed by atoms with van der Waals surface area (Å²) in [6.07, 6.45) is 10.5. The Morgan fingerprint density at radius 1 is 1.00 bits per heavy atom. The van der Waals surface area contributed by atoms with Crippen LogP contribution < -0.4 is 5.32 Å². The number of esters is 1. The van der Waals surface area contributed by atoms with Gasteiger partial charge in [0.2, 0.25) is 0 Å². The van der Waals surface area contributed by atoms with E-state index in [-0.39, 0.29) is 23.9 Å². The first-order valence-corrected chi connectivity index (χ1v) is 8.55. The number of hydrogen-bond donors (Lipinski definition) is 1. The quantitative estimate of drug-likeness (QED) is 0.791. The molecule has 21 heavy (non-hydrogen) atoms. The molecule has 1 N–H and O–H groups in total. The highest BCUT2D eigenvalue weighted by molar-refractivity contribution is 5.81. The fraction of sp³-hybridized carbons (Fsp3) is 0.882. The molecule has 0 saturated heterocycles. The van der Waals surface area contributed by atoms with Crippen LogP contribution in [0.3, 0.4) is 0 Å². The summed E-state index contributed by atoms with van der Waals surface area (Å²) in [5.41, 5.74) is 0.207. The third-order valence-corrected chi connectivity index (χ3v) is 5.99. The molecule has 4 heteroatoms. The van der Waals surface area contributed by atoms with Crippen LogP contribution in [0, 0.1) is 23.2 Å². The Hall–Kier alpha value is -1.06. The van der Waals surface area contributed by atoms with Crippen molar-refractivity contribution in [3.05, 3.63) is 0 Å². The molecule has 0 aliphatic heterocycles. The van der Waals surface area contributed by atoms with Crippen LogP contribution in [-0.2, 0) is 14.3 Å². The topological polar surface area (TPSA) is 55.4 Å². The molecule has 0 aromatic carbocycles. The Morgan fingerprint density at radius 2 is 1.57 bits per heavy atom. The highest BCUT2D eigenvalue weighted by Crippen LogP contribution is 2.61. The third kappa shape index (κ3) is 2.95. The minimum Gasteiger partial charge on any atom is -0.456 e. The lowest BCUT2D eigenvalue weighted by molar-refractivity contribution is -0.155. The summed E-state index contributed by atoms with van der Waals surface area (Å²) in [6.45, 7) is -0.0955. The zero-order chi connectivity index (χ0) is 14.4. The van der Waals surface area contributed by atoms with Crippen LogP contribution in [0.4, 0.5) is 0 Å². The normalized spacial score (nSPS) is 40.1. The molecule has 5 aliphatic rings. The van der Waals surface area contributed by atoms with E-state index < -0.39 is 0 Å². The molecule has 0 radical (unpaired) electrons. The molecule has 5 rings (SSSR count). The Labute approximate surface area is 126 Å². The van der Waals surface area contributed by atoms with E-state index in [2.05, 4.69) is 5.32 Å². The lowest BCUT2D eigenvalue weighted by atomic mass is 9.49. The van der Waals surface area contributed by atoms with Gasteiger partial charge in [-0.25, -0.2) is 0 Å². The van der Waals surface area contributed by atoms with Crippen molar-refractivity contribution in [3.63, 3.8) is 0 Å². The van der Waals surface area contributed by atoms with Gasteiger partial charge in [-0.3, -0.25) is 9.59 Å². The molecule has 0 unspecified atom stereocenters. The molecule has 4 bridgehead atoms. The van der Waals surface area contributed by atoms with E-state index in [1.54, 1.807) is 0 Å². The van der Waals surface area contributed by atoms with Crippen LogP contribution in [0.1, 0.15) is 57.8 Å². The van der Waals surface area contributed by atoms with Gasteiger partial charge in [0.05, 0.1) is 6.42 Å². The Bertz CT molecular complexity index is 420. The second-order valence-corrected chi connectivity index (χ2v) is 8.10. The highest BCUT2D eigenvalue weighted by Gasteiger charge is 2.51. The van der Waals surface area contributed by atoms with Crippen molar-refractivity contribution in [2.45, 2.75) is 63.8 Å². The van der Waals surface area contributed by atoms with Gasteiger partial charge in [0.1, 0.15) is 0 Å². The highest BCUT2D eigenvalue weighted by atomic mass is 16.5. The number of carbonyl (C=O) groups is 2. The standard InChI is InChI=1S/C17H25NO3/c19-15(18-14-1-2-14)10-21-16(20)9-17-6-11-3-12(7-17)5-13(4-11)8-17/h11-14H,1-10H2,(H,18,19). The van der Waals surface area contributed by atoms with Crippen LogP contribution in [0.25, 0.3) is 0 Å². The first-order valence-electron chi connectivity index (χ1n) is 8.55. The predicted molar refractivity (Wildman–Crippen MR) is 77.3 cm³/mol. The van der Waals surface area contributed by atoms with Crippen LogP contribution in [-0.4, -0.2) is 24.5 Å². The van der Waals surface area contributed by atoms with Gasteiger partial charge in [0.25, 0.3) is 5.91 Å². The second-order valence-electron chi connectivity index (χ2n) is 8.10. The summed E-state index contributed by atoms with van der Waals surface area (Å²) in [5.74, 6) is 2.24. The van der Waals surface area contributed by atoms with Gasteiger partial charge in [0, 0.05) is 6.04 Å². The largest absolute Gasteiger partial charge is 0.456 e. The molecular formula is C17H25NO3. The number of carbonyl (C=O) groups excluding carboxylic acids is 2. The van der Waals surface area contributed by atoms with Gasteiger partial charge in [-0.1, -0.05) is 0 Å². The van der Waals surface area contributed by atoms with E-state index in [4.69, 9.17) is 4.74 Å². The molecule has 0 spiro atoms. The smallest absolute Gasteiger partial charge is 0.306 e. The number of rotatable bonds is 5. The van der Waals surface area contributed by atoms with Crippen molar-refractivity contribution >= 4 is 11.9 Å². The first kappa shape index (κ1) is 13.6. The van der Waals surface area contributed by atoms with E-state index in [9.17, 15) is 9.59 Å². The van der Waals surface area contributed by atoms with Gasteiger partial charge in [0.15, 0.2) is 6.61 Å². The monoisotopic (exact) mass is 291 g/mol. The number of amides is 1. The molecular weight excluding hydrogens is 266 g/mol. The number of nitrogens with one attached hydrogen (secondary N) is 1. The lowest BCUT2D eigenvalue weighted by Crippen LogP contribution is -2.47. The zero-order valence-corrected chi connectivity index (χ0v) is 12.6. The van der Waals surface area contributed by atoms with Crippen molar-refractivity contribution in [2.24, 2.45) is 23.2 Å². The molecule has 0 aromatic rings. The van der Waals surface area contributed by atoms with Gasteiger partial charge >= 0.3 is 5.97 Å². The van der Waals surface area contributed by atoms with Crippen molar-refractivity contribution < 1.29 is 14.3 Å². The summed E-state index contributed by atoms with van der Waals surface area (Å²) in [4.78, 5) is 23.7. The SMILES string of the molecule is O=C(COC(=O)CC12CC3CC(CC(C3)C1)C2)NC1CC1. The van der Waals surface area contributed by atoms with Crippen LogP contribution in [0.2, 0.25) is 0 Å². The molecule has 5 fully saturated rings. The molecule has 1 amide bonds. The van der Waals surface area contributed by atoms with Crippen LogP contribution >= 0.6 is 0 Å². The molecule has 4 nitrogen and oxygen atoms in total. The van der Waals surface area contributed by atoms with Crippen molar-refractivity contribution in [1.29, 1.82) is 0 Å². The second kappa shape index (κ2) is 4.99. The average molecular weight is 291 g/mol. The maximum absolute atomic E-state index is 12.1. The molecule has 0 atom stereocenters. The van der Waals surface area contributed by atoms with Crippen molar-refractivity contribution in [1.82, 2.24) is 5.32 Å². The summed E-state index contributed by atoms with van der Waals surface area (Å²) < 4.78 is 5.22. The number of hydrogen-bond acceptors (Lipinski definition) is 3. The van der Waals surface area contributed by atoms with Crippen LogP contribution in [0.15, 0.2) is 0 Å². The minimum absolute atomic E-state index is 0.0955. The maximum Gasteiger partial charge on any atom is 0.306 e. The number of ether oxygens (including phenoxy) is 1. The maximum atomic E-state index is 12.1. The molecule has 5 saturated carbocycles. The van der Waals surface area contributed by atoms with E-state index in [1.807, 2.05) is 0 Å². The summed E-state index contributed by atoms with van der Waals surface area (Å²) in [7, 11) is 0. The van der Waals surface area contributed by atoms with E-state index >= 15 is 0 Å². The molecule has 0 aromatic heterocycles. The summed E-state index contributed by atoms with van der Waals surface area (Å²) in [6, 6.07) is 0.333. The fourth-order valence-electron chi connectivity index (χ4n) is 5.51. The Morgan fingerprint density at radius 3 is 2.10 bits per heavy atom. The third-order valence-electron chi connectivity index (χ3n) is 5.99. The van der Waals surface area contributed by atoms with E-state index in [1.165, 1.54) is 38.5 Å². The lowest BCUT2D eigenvalue weighted by Gasteiger charge is -2.56. The van der Waals surface area contributed by atoms with Gasteiger partial charge in [-0.05, 0) is 74.5 Å². The Balaban J connectivity index is 1.29. The minimum atomic E-state index is -0.164. The molecule has 5 aliphatic carbocycles. The molecule has 116 valence electrons. The first-order chi connectivity index (χ1) is 10.1. The van der Waals surface area contributed by atoms with E-state index in [0.29, 0.717) is 12.5 Å². The van der Waals surface area contributed by atoms with Crippen molar-refractivity contribution in [2.75, 3.05) is 6.61 Å². The van der Waals surface area contributed by atoms with Gasteiger partial charge < -0.3 is 10.1 Å². The van der Waals surface area contributed by atoms with E-state index in [0.717, 1.165) is 30.6 Å². The summed E-state index contributed by atoms with van der Waals surface area (Å²) >= 11 is 0. The predicted octanol–water partition coefficient (Wildman–Crippen LogP) is 2.41. The Kier molecular flexibility index (Phi) is 3.23. The zero-order valence-electron chi connectivity index (χ0n) is 12.6. The van der Waals surface area contributed by atoms with Gasteiger partial charge in [-0.2, -0.15) is 0 Å². The fourth-order valence-corrected chi connectivity index (χ4v) is 5.51. The van der Waals surface area contributed by atoms with Crippen LogP contribution in [0.5, 0.6) is 0 Å². The summed E-state index contributed by atoms with van der Waals surface area (Å²) in [5, 5.41) is 2.85. The van der Waals surface area contributed by atoms with Crippen molar-refractivity contribution in [3.8, 4) is 0 Å². The average Bonchev–Trinajstić information content (AvgIpc) is 3.18.